The van der Waals surface area contributed by atoms with Crippen LogP contribution in [0.5, 0.6) is 0 Å². The number of rotatable bonds is 3. The van der Waals surface area contributed by atoms with Crippen molar-refractivity contribution in [1.82, 2.24) is 0 Å². The van der Waals surface area contributed by atoms with Gasteiger partial charge >= 0.3 is 0 Å². The molecule has 1 rings (SSSR count). The second kappa shape index (κ2) is 3.89. The molecule has 5 nitrogen and oxygen atoms in total. The lowest BCUT2D eigenvalue weighted by molar-refractivity contribution is 0.0990. The Hall–Kier alpha value is -1.88. The average molecular weight is 193 g/mol. The van der Waals surface area contributed by atoms with Gasteiger partial charge in [-0.25, -0.2) is 0 Å². The molecule has 0 aliphatic heterocycles. The maximum Gasteiger partial charge on any atom is 0.250 e. The first-order chi connectivity index (χ1) is 6.56. The van der Waals surface area contributed by atoms with E-state index in [0.29, 0.717) is 5.56 Å². The van der Waals surface area contributed by atoms with Crippen LogP contribution in [0.3, 0.4) is 0 Å². The summed E-state index contributed by atoms with van der Waals surface area (Å²) in [6.45, 7) is -0.0879. The number of carbonyl (C=O) groups excluding carboxylic acids is 2. The van der Waals surface area contributed by atoms with Crippen molar-refractivity contribution in [2.75, 3.05) is 12.3 Å². The van der Waals surface area contributed by atoms with Gasteiger partial charge in [0.25, 0.3) is 5.91 Å². The second-order valence-corrected chi connectivity index (χ2v) is 2.79. The molecule has 0 unspecified atom stereocenters. The molecule has 1 aromatic rings. The maximum atomic E-state index is 11.2. The molecule has 1 amide bonds. The van der Waals surface area contributed by atoms with Gasteiger partial charge in [-0.05, 0) is 12.1 Å². The lowest BCUT2D eigenvalue weighted by Gasteiger charge is -2.03. The molecule has 0 heterocycles. The number of amides is 1. The molecule has 5 heteroatoms. The number of nitrogens with two attached hydrogens (primary N) is 3. The number of primary amides is 1. The van der Waals surface area contributed by atoms with Crippen LogP contribution < -0.4 is 17.2 Å². The number of hydrogen-bond acceptors (Lipinski definition) is 4. The molecule has 0 atom stereocenters. The van der Waals surface area contributed by atoms with Crippen molar-refractivity contribution in [3.63, 3.8) is 0 Å². The summed E-state index contributed by atoms with van der Waals surface area (Å²) in [7, 11) is 0. The zero-order chi connectivity index (χ0) is 10.7. The van der Waals surface area contributed by atoms with Crippen LogP contribution in [0.15, 0.2) is 18.2 Å². The van der Waals surface area contributed by atoms with E-state index in [9.17, 15) is 9.59 Å². The number of nitrogen functional groups attached to an aromatic ring is 1. The maximum absolute atomic E-state index is 11.2. The minimum absolute atomic E-state index is 0.0879. The summed E-state index contributed by atoms with van der Waals surface area (Å²) in [6, 6.07) is 4.29. The molecule has 0 fully saturated rings. The van der Waals surface area contributed by atoms with Crippen LogP contribution in [0, 0.1) is 0 Å². The summed E-state index contributed by atoms with van der Waals surface area (Å²) in [6.07, 6.45) is 0. The minimum atomic E-state index is -0.616. The molecule has 0 aliphatic rings. The smallest absolute Gasteiger partial charge is 0.250 e. The fourth-order valence-corrected chi connectivity index (χ4v) is 1.08. The third-order valence-electron chi connectivity index (χ3n) is 1.82. The Kier molecular flexibility index (Phi) is 2.83. The third kappa shape index (κ3) is 1.89. The van der Waals surface area contributed by atoms with Crippen molar-refractivity contribution >= 4 is 17.4 Å². The Bertz CT molecular complexity index is 388. The van der Waals surface area contributed by atoms with E-state index in [1.54, 1.807) is 0 Å². The van der Waals surface area contributed by atoms with Gasteiger partial charge in [0, 0.05) is 11.3 Å². The Labute approximate surface area is 80.9 Å². The van der Waals surface area contributed by atoms with Crippen LogP contribution in [0.1, 0.15) is 20.7 Å². The van der Waals surface area contributed by atoms with E-state index in [0.717, 1.165) is 0 Å². The highest BCUT2D eigenvalue weighted by Crippen LogP contribution is 2.13. The Balaban J connectivity index is 3.12. The van der Waals surface area contributed by atoms with E-state index in [1.807, 2.05) is 0 Å². The fourth-order valence-electron chi connectivity index (χ4n) is 1.08. The van der Waals surface area contributed by atoms with Crippen LogP contribution in [0.25, 0.3) is 0 Å². The standard InChI is InChI=1S/C9H11N3O2/c10-4-8(13)5-1-2-6(9(12)14)7(11)3-5/h1-3H,4,10-11H2,(H2,12,14). The molecule has 0 bridgehead atoms. The highest BCUT2D eigenvalue weighted by Gasteiger charge is 2.09. The van der Waals surface area contributed by atoms with Crippen molar-refractivity contribution in [3.05, 3.63) is 29.3 Å². The summed E-state index contributed by atoms with van der Waals surface area (Å²) in [5.74, 6) is -0.845. The van der Waals surface area contributed by atoms with E-state index < -0.39 is 5.91 Å². The van der Waals surface area contributed by atoms with E-state index in [1.165, 1.54) is 18.2 Å². The van der Waals surface area contributed by atoms with E-state index >= 15 is 0 Å². The molecule has 0 spiro atoms. The first kappa shape index (κ1) is 10.2. The summed E-state index contributed by atoms with van der Waals surface area (Å²) >= 11 is 0. The summed E-state index contributed by atoms with van der Waals surface area (Å²) < 4.78 is 0. The van der Waals surface area contributed by atoms with Crippen molar-refractivity contribution in [2.24, 2.45) is 11.5 Å². The molecule has 0 radical (unpaired) electrons. The Morgan fingerprint density at radius 2 is 1.93 bits per heavy atom. The van der Waals surface area contributed by atoms with Gasteiger partial charge in [0.15, 0.2) is 5.78 Å². The van der Waals surface area contributed by atoms with Crippen LogP contribution in [0.4, 0.5) is 5.69 Å². The van der Waals surface area contributed by atoms with Gasteiger partial charge in [0.2, 0.25) is 0 Å². The number of benzene rings is 1. The molecule has 0 saturated carbocycles. The number of hydrogen-bond donors (Lipinski definition) is 3. The van der Waals surface area contributed by atoms with Crippen molar-refractivity contribution in [2.45, 2.75) is 0 Å². The SMILES string of the molecule is NCC(=O)c1ccc(C(N)=O)c(N)c1. The Morgan fingerprint density at radius 3 is 2.36 bits per heavy atom. The second-order valence-electron chi connectivity index (χ2n) is 2.79. The first-order valence-electron chi connectivity index (χ1n) is 3.99. The van der Waals surface area contributed by atoms with E-state index in [2.05, 4.69) is 0 Å². The quantitative estimate of drug-likeness (QED) is 0.444. The molecule has 0 aliphatic carbocycles. The summed E-state index contributed by atoms with van der Waals surface area (Å²) in [4.78, 5) is 22.0. The zero-order valence-corrected chi connectivity index (χ0v) is 7.49. The van der Waals surface area contributed by atoms with Gasteiger partial charge in [-0.3, -0.25) is 9.59 Å². The topological polar surface area (TPSA) is 112 Å². The Morgan fingerprint density at radius 1 is 1.29 bits per heavy atom. The predicted octanol–water partition coefficient (Wildman–Crippen LogP) is -0.491. The monoisotopic (exact) mass is 193 g/mol. The van der Waals surface area contributed by atoms with Gasteiger partial charge in [-0.2, -0.15) is 0 Å². The van der Waals surface area contributed by atoms with Gasteiger partial charge < -0.3 is 17.2 Å². The molecule has 0 aromatic heterocycles. The largest absolute Gasteiger partial charge is 0.398 e. The predicted molar refractivity (Wildman–Crippen MR) is 52.8 cm³/mol. The van der Waals surface area contributed by atoms with E-state index in [-0.39, 0.29) is 23.6 Å². The minimum Gasteiger partial charge on any atom is -0.398 e. The summed E-state index contributed by atoms with van der Waals surface area (Å²) in [5, 5.41) is 0. The van der Waals surface area contributed by atoms with Crippen LogP contribution >= 0.6 is 0 Å². The molecule has 14 heavy (non-hydrogen) atoms. The van der Waals surface area contributed by atoms with Crippen LogP contribution in [-0.4, -0.2) is 18.2 Å². The zero-order valence-electron chi connectivity index (χ0n) is 7.49. The van der Waals surface area contributed by atoms with Gasteiger partial charge in [-0.1, -0.05) is 6.07 Å². The number of Topliss-reactive ketones (excluding diaryl/α,β-unsaturated/α-hetero) is 1. The third-order valence-corrected chi connectivity index (χ3v) is 1.82. The number of carbonyl (C=O) groups is 2. The van der Waals surface area contributed by atoms with Crippen LogP contribution in [-0.2, 0) is 0 Å². The van der Waals surface area contributed by atoms with E-state index in [4.69, 9.17) is 17.2 Å². The normalized spacial score (nSPS) is 9.79. The number of anilines is 1. The number of ketones is 1. The fraction of sp³-hybridized carbons (Fsp3) is 0.111. The highest BCUT2D eigenvalue weighted by molar-refractivity contribution is 6.02. The lowest BCUT2D eigenvalue weighted by Crippen LogP contribution is -2.16. The van der Waals surface area contributed by atoms with Gasteiger partial charge in [-0.15, -0.1) is 0 Å². The molecule has 1 aromatic carbocycles. The molecular formula is C9H11N3O2. The molecular weight excluding hydrogens is 182 g/mol. The van der Waals surface area contributed by atoms with Crippen molar-refractivity contribution < 1.29 is 9.59 Å². The summed E-state index contributed by atoms with van der Waals surface area (Å²) in [5.41, 5.74) is 16.5. The first-order valence-corrected chi connectivity index (χ1v) is 3.99. The lowest BCUT2D eigenvalue weighted by atomic mass is 10.1. The molecule has 0 saturated heterocycles. The molecule has 6 N–H and O–H groups in total. The van der Waals surface area contributed by atoms with Crippen LogP contribution in [0.2, 0.25) is 0 Å². The van der Waals surface area contributed by atoms with Gasteiger partial charge in [0.05, 0.1) is 12.1 Å². The van der Waals surface area contributed by atoms with Crippen molar-refractivity contribution in [3.8, 4) is 0 Å². The van der Waals surface area contributed by atoms with Gasteiger partial charge in [0.1, 0.15) is 0 Å². The average Bonchev–Trinajstić information content (AvgIpc) is 2.15. The van der Waals surface area contributed by atoms with Crippen molar-refractivity contribution in [1.29, 1.82) is 0 Å². The highest BCUT2D eigenvalue weighted by atomic mass is 16.1. The molecule has 74 valence electrons.